The van der Waals surface area contributed by atoms with Crippen molar-refractivity contribution in [3.05, 3.63) is 254 Å². The fourth-order valence-electron chi connectivity index (χ4n) is 11.2. The lowest BCUT2D eigenvalue weighted by molar-refractivity contribution is 0.999. The Kier molecular flexibility index (Phi) is 9.00. The van der Waals surface area contributed by atoms with Crippen LogP contribution in [0.4, 0.5) is 11.4 Å². The molecule has 1 aliphatic rings. The number of aromatic nitrogens is 2. The second-order valence-electron chi connectivity index (χ2n) is 17.6. The number of fused-ring (bicyclic) bond motifs is 7. The van der Waals surface area contributed by atoms with Crippen LogP contribution in [0.25, 0.3) is 66.1 Å². The Hall–Kier alpha value is -8.18. The molecule has 13 rings (SSSR count). The van der Waals surface area contributed by atoms with E-state index in [0.717, 1.165) is 18.7 Å². The molecule has 1 aliphatic heterocycles. The molecule has 312 valence electrons. The van der Waals surface area contributed by atoms with E-state index in [2.05, 4.69) is 263 Å². The predicted octanol–water partition coefficient (Wildman–Crippen LogP) is 12.6. The maximum absolute atomic E-state index is 2.90. The second-order valence-corrected chi connectivity index (χ2v) is 21.4. The van der Waals surface area contributed by atoms with Gasteiger partial charge in [-0.2, -0.15) is 0 Å². The minimum atomic E-state index is -2.90. The summed E-state index contributed by atoms with van der Waals surface area (Å²) < 4.78 is 4.87. The van der Waals surface area contributed by atoms with Gasteiger partial charge in [0.1, 0.15) is 0 Å². The van der Waals surface area contributed by atoms with E-state index >= 15 is 0 Å². The van der Waals surface area contributed by atoms with Crippen molar-refractivity contribution in [2.75, 3.05) is 11.4 Å². The predicted molar refractivity (Wildman–Crippen MR) is 281 cm³/mol. The molecular weight excluding hydrogens is 815 g/mol. The molecule has 66 heavy (non-hydrogen) atoms. The van der Waals surface area contributed by atoms with Crippen LogP contribution in [0.2, 0.25) is 0 Å². The molecule has 0 amide bonds. The molecule has 0 saturated carbocycles. The van der Waals surface area contributed by atoms with E-state index in [1.165, 1.54) is 98.1 Å². The quantitative estimate of drug-likeness (QED) is 0.110. The monoisotopic (exact) mass is 859 g/mol. The van der Waals surface area contributed by atoms with Gasteiger partial charge in [-0.25, -0.2) is 0 Å². The normalized spacial score (nSPS) is 12.7. The smallest absolute Gasteiger partial charge is 0.179 e. The molecule has 0 spiro atoms. The van der Waals surface area contributed by atoms with Crippen molar-refractivity contribution in [2.45, 2.75) is 6.42 Å². The molecule has 0 bridgehead atoms. The summed E-state index contributed by atoms with van der Waals surface area (Å²) in [6.45, 7) is 0.985. The molecule has 10 aromatic carbocycles. The van der Waals surface area contributed by atoms with Crippen molar-refractivity contribution in [2.24, 2.45) is 0 Å². The van der Waals surface area contributed by atoms with Crippen molar-refractivity contribution in [1.82, 2.24) is 9.13 Å². The molecule has 0 N–H and O–H groups in total. The molecule has 0 fully saturated rings. The molecule has 0 aliphatic carbocycles. The zero-order valence-electron chi connectivity index (χ0n) is 36.4. The van der Waals surface area contributed by atoms with Gasteiger partial charge in [0.15, 0.2) is 8.07 Å². The van der Waals surface area contributed by atoms with Crippen LogP contribution in [0, 0.1) is 0 Å². The van der Waals surface area contributed by atoms with Crippen LogP contribution in [0.15, 0.2) is 249 Å². The Morgan fingerprint density at radius 1 is 0.303 bits per heavy atom. The van der Waals surface area contributed by atoms with Crippen LogP contribution in [-0.2, 0) is 6.42 Å². The van der Waals surface area contributed by atoms with Gasteiger partial charge >= 0.3 is 0 Å². The van der Waals surface area contributed by atoms with Gasteiger partial charge in [-0.15, -0.1) is 0 Å². The van der Waals surface area contributed by atoms with Gasteiger partial charge in [0.25, 0.3) is 0 Å². The summed E-state index contributed by atoms with van der Waals surface area (Å²) >= 11 is 0. The summed E-state index contributed by atoms with van der Waals surface area (Å²) in [6, 6.07) is 92.8. The number of rotatable bonds is 8. The lowest BCUT2D eigenvalue weighted by atomic mass is 10.0. The Bertz CT molecular complexity index is 3700. The van der Waals surface area contributed by atoms with Gasteiger partial charge in [0.05, 0.1) is 22.1 Å². The first-order valence-electron chi connectivity index (χ1n) is 23.0. The van der Waals surface area contributed by atoms with E-state index in [9.17, 15) is 0 Å². The molecule has 0 radical (unpaired) electrons. The molecule has 0 saturated heterocycles. The van der Waals surface area contributed by atoms with Gasteiger partial charge in [-0.05, 0) is 117 Å². The van der Waals surface area contributed by atoms with Crippen LogP contribution >= 0.6 is 0 Å². The third-order valence-electron chi connectivity index (χ3n) is 14.1. The largest absolute Gasteiger partial charge is 0.341 e. The minimum absolute atomic E-state index is 0.985. The van der Waals surface area contributed by atoms with Gasteiger partial charge in [0.2, 0.25) is 0 Å². The number of para-hydroxylation sites is 4. The SMILES string of the molecule is c1ccc(N2CCc3cc4c5ccccc5n(-c5ccc([Si](c6ccccc6)(c6ccccc6)c6cccc(-c7ccc8c(c7)c7ccccc7n8-c7ccccc7)c6)cc5)c4cc32)cc1. The molecule has 2 aromatic heterocycles. The summed E-state index contributed by atoms with van der Waals surface area (Å²) in [5.41, 5.74) is 13.6. The molecule has 4 heteroatoms. The van der Waals surface area contributed by atoms with E-state index < -0.39 is 8.07 Å². The fraction of sp³-hybridized carbons (Fsp3) is 0.0323. The highest BCUT2D eigenvalue weighted by molar-refractivity contribution is 7.19. The van der Waals surface area contributed by atoms with E-state index in [1.54, 1.807) is 0 Å². The Morgan fingerprint density at radius 2 is 0.788 bits per heavy atom. The second kappa shape index (κ2) is 15.5. The van der Waals surface area contributed by atoms with Crippen molar-refractivity contribution in [1.29, 1.82) is 0 Å². The zero-order chi connectivity index (χ0) is 43.6. The van der Waals surface area contributed by atoms with Crippen LogP contribution < -0.4 is 25.6 Å². The molecule has 0 atom stereocenters. The topological polar surface area (TPSA) is 13.1 Å². The Morgan fingerprint density at radius 3 is 1.44 bits per heavy atom. The highest BCUT2D eigenvalue weighted by Crippen LogP contribution is 2.41. The fourth-order valence-corrected chi connectivity index (χ4v) is 16.0. The maximum Gasteiger partial charge on any atom is 0.179 e. The van der Waals surface area contributed by atoms with E-state index in [0.29, 0.717) is 0 Å². The van der Waals surface area contributed by atoms with Gasteiger partial charge in [-0.3, -0.25) is 0 Å². The van der Waals surface area contributed by atoms with Gasteiger partial charge < -0.3 is 14.0 Å². The molecule has 3 heterocycles. The number of hydrogen-bond acceptors (Lipinski definition) is 1. The summed E-state index contributed by atoms with van der Waals surface area (Å²) in [5, 5.41) is 10.5. The molecule has 3 nitrogen and oxygen atoms in total. The first-order chi connectivity index (χ1) is 32.7. The summed E-state index contributed by atoms with van der Waals surface area (Å²) in [6.07, 6.45) is 1.04. The number of anilines is 2. The number of nitrogens with zero attached hydrogens (tertiary/aromatic N) is 3. The van der Waals surface area contributed by atoms with Crippen molar-refractivity contribution < 1.29 is 0 Å². The van der Waals surface area contributed by atoms with Crippen molar-refractivity contribution >= 4 is 83.8 Å². The van der Waals surface area contributed by atoms with Crippen molar-refractivity contribution in [3.63, 3.8) is 0 Å². The molecular formula is C62H45N3Si. The third-order valence-corrected chi connectivity index (χ3v) is 18.9. The zero-order valence-corrected chi connectivity index (χ0v) is 37.4. The van der Waals surface area contributed by atoms with E-state index in [4.69, 9.17) is 0 Å². The van der Waals surface area contributed by atoms with Crippen LogP contribution in [-0.4, -0.2) is 23.8 Å². The standard InChI is InChI=1S/C62H45N3Si/c1-5-19-47(20-6-1)63-39-38-46-42-57-55-29-14-16-31-59(55)65(62(57)43-61(46)63)49-33-35-52(36-34-49)66(50-23-9-3-10-24-50,51-25-11-4-12-26-51)53-27-17-18-44(40-53)45-32-37-60-56(41-45)54-28-13-15-30-58(54)64(60)48-21-7-2-8-22-48/h1-37,40-43H,38-39H2. The van der Waals surface area contributed by atoms with Gasteiger partial charge in [-0.1, -0.05) is 176 Å². The highest BCUT2D eigenvalue weighted by Gasteiger charge is 2.41. The van der Waals surface area contributed by atoms with Crippen LogP contribution in [0.1, 0.15) is 5.56 Å². The van der Waals surface area contributed by atoms with Gasteiger partial charge in [0, 0.05) is 50.8 Å². The first kappa shape index (κ1) is 38.3. The van der Waals surface area contributed by atoms with E-state index in [-0.39, 0.29) is 0 Å². The first-order valence-corrected chi connectivity index (χ1v) is 25.0. The maximum atomic E-state index is 2.49. The summed E-state index contributed by atoms with van der Waals surface area (Å²) in [7, 11) is -2.90. The number of benzene rings is 10. The lowest BCUT2D eigenvalue weighted by Crippen LogP contribution is -2.74. The van der Waals surface area contributed by atoms with E-state index in [1.807, 2.05) is 0 Å². The summed E-state index contributed by atoms with van der Waals surface area (Å²) in [5.74, 6) is 0. The van der Waals surface area contributed by atoms with Crippen LogP contribution in [0.5, 0.6) is 0 Å². The van der Waals surface area contributed by atoms with Crippen molar-refractivity contribution in [3.8, 4) is 22.5 Å². The minimum Gasteiger partial charge on any atom is -0.341 e. The highest BCUT2D eigenvalue weighted by atomic mass is 28.3. The lowest BCUT2D eigenvalue weighted by Gasteiger charge is -2.35. The third kappa shape index (κ3) is 5.96. The summed E-state index contributed by atoms with van der Waals surface area (Å²) in [4.78, 5) is 2.48. The average molecular weight is 860 g/mol. The Labute approximate surface area is 385 Å². The average Bonchev–Trinajstić information content (AvgIpc) is 4.07. The van der Waals surface area contributed by atoms with Crippen LogP contribution in [0.3, 0.4) is 0 Å². The Balaban J connectivity index is 0.986. The molecule has 0 unspecified atom stereocenters. The number of hydrogen-bond donors (Lipinski definition) is 0. The molecule has 12 aromatic rings.